The third-order valence-corrected chi connectivity index (χ3v) is 2.96. The molecule has 0 spiro atoms. The fourth-order valence-electron chi connectivity index (χ4n) is 1.81. The van der Waals surface area contributed by atoms with Crippen LogP contribution in [0.4, 0.5) is 8.78 Å². The molecular formula is C15H14F2O. The van der Waals surface area contributed by atoms with E-state index in [0.717, 1.165) is 24.1 Å². The van der Waals surface area contributed by atoms with Gasteiger partial charge in [0.2, 0.25) is 0 Å². The fourth-order valence-corrected chi connectivity index (χ4v) is 1.81. The highest BCUT2D eigenvalue weighted by atomic mass is 19.2. The maximum atomic E-state index is 13.1. The first-order valence-electron chi connectivity index (χ1n) is 5.83. The van der Waals surface area contributed by atoms with E-state index in [2.05, 4.69) is 0 Å². The van der Waals surface area contributed by atoms with Gasteiger partial charge in [0.15, 0.2) is 11.6 Å². The lowest BCUT2D eigenvalue weighted by Gasteiger charge is -2.12. The smallest absolute Gasteiger partial charge is 0.159 e. The van der Waals surface area contributed by atoms with Crippen molar-refractivity contribution in [3.63, 3.8) is 0 Å². The van der Waals surface area contributed by atoms with Gasteiger partial charge in [0, 0.05) is 0 Å². The predicted octanol–water partition coefficient (Wildman–Crippen LogP) is 3.61. The van der Waals surface area contributed by atoms with Gasteiger partial charge in [0.25, 0.3) is 0 Å². The number of rotatable bonds is 3. The molecule has 0 aromatic heterocycles. The average molecular weight is 248 g/mol. The van der Waals surface area contributed by atoms with Crippen molar-refractivity contribution in [2.24, 2.45) is 0 Å². The van der Waals surface area contributed by atoms with Crippen molar-refractivity contribution in [1.82, 2.24) is 0 Å². The molecule has 18 heavy (non-hydrogen) atoms. The normalized spacial score (nSPS) is 12.4. The van der Waals surface area contributed by atoms with E-state index >= 15 is 0 Å². The lowest BCUT2D eigenvalue weighted by Crippen LogP contribution is -2.01. The summed E-state index contributed by atoms with van der Waals surface area (Å²) in [7, 11) is 0. The van der Waals surface area contributed by atoms with Crippen molar-refractivity contribution < 1.29 is 13.9 Å². The van der Waals surface area contributed by atoms with Crippen LogP contribution in [0.25, 0.3) is 0 Å². The third kappa shape index (κ3) is 2.57. The van der Waals surface area contributed by atoms with Gasteiger partial charge in [-0.25, -0.2) is 8.78 Å². The van der Waals surface area contributed by atoms with Gasteiger partial charge >= 0.3 is 0 Å². The summed E-state index contributed by atoms with van der Waals surface area (Å²) in [5.41, 5.74) is 2.17. The van der Waals surface area contributed by atoms with Crippen LogP contribution >= 0.6 is 0 Å². The van der Waals surface area contributed by atoms with Crippen LogP contribution in [0.15, 0.2) is 42.5 Å². The van der Waals surface area contributed by atoms with Crippen LogP contribution < -0.4 is 0 Å². The van der Waals surface area contributed by atoms with E-state index in [1.54, 1.807) is 12.1 Å². The molecule has 0 saturated carbocycles. The number of aliphatic hydroxyl groups is 1. The SMILES string of the molecule is CCc1ccc(C(O)c2ccc(F)c(F)c2)cc1. The molecule has 3 heteroatoms. The number of aliphatic hydroxyl groups excluding tert-OH is 1. The molecule has 1 unspecified atom stereocenters. The lowest BCUT2D eigenvalue weighted by molar-refractivity contribution is 0.219. The molecular weight excluding hydrogens is 234 g/mol. The highest BCUT2D eigenvalue weighted by Crippen LogP contribution is 2.23. The number of hydrogen-bond donors (Lipinski definition) is 1. The minimum Gasteiger partial charge on any atom is -0.384 e. The van der Waals surface area contributed by atoms with E-state index in [0.29, 0.717) is 11.1 Å². The number of benzene rings is 2. The summed E-state index contributed by atoms with van der Waals surface area (Å²) in [5, 5.41) is 10.1. The maximum Gasteiger partial charge on any atom is 0.159 e. The summed E-state index contributed by atoms with van der Waals surface area (Å²) in [5.74, 6) is -1.86. The molecule has 0 bridgehead atoms. The van der Waals surface area contributed by atoms with Gasteiger partial charge in [-0.05, 0) is 35.2 Å². The largest absolute Gasteiger partial charge is 0.384 e. The van der Waals surface area contributed by atoms with Crippen LogP contribution in [0.1, 0.15) is 29.7 Å². The standard InChI is InChI=1S/C15H14F2O/c1-2-10-3-5-11(6-4-10)15(18)12-7-8-13(16)14(17)9-12/h3-9,15,18H,2H2,1H3. The van der Waals surface area contributed by atoms with Crippen LogP contribution in [0.5, 0.6) is 0 Å². The van der Waals surface area contributed by atoms with E-state index in [9.17, 15) is 13.9 Å². The van der Waals surface area contributed by atoms with Crippen LogP contribution in [-0.4, -0.2) is 5.11 Å². The van der Waals surface area contributed by atoms with Crippen molar-refractivity contribution >= 4 is 0 Å². The minimum atomic E-state index is -0.947. The monoisotopic (exact) mass is 248 g/mol. The zero-order valence-electron chi connectivity index (χ0n) is 10.0. The van der Waals surface area contributed by atoms with Crippen molar-refractivity contribution in [3.05, 3.63) is 70.8 Å². The summed E-state index contributed by atoms with van der Waals surface area (Å²) in [6.07, 6.45) is -0.0207. The van der Waals surface area contributed by atoms with Gasteiger partial charge in [0.05, 0.1) is 0 Å². The summed E-state index contributed by atoms with van der Waals surface area (Å²) in [6, 6.07) is 10.9. The summed E-state index contributed by atoms with van der Waals surface area (Å²) in [4.78, 5) is 0. The third-order valence-electron chi connectivity index (χ3n) is 2.96. The molecule has 1 atom stereocenters. The Morgan fingerprint density at radius 2 is 1.56 bits per heavy atom. The van der Waals surface area contributed by atoms with Crippen LogP contribution in [0.2, 0.25) is 0 Å². The van der Waals surface area contributed by atoms with Gasteiger partial charge in [-0.2, -0.15) is 0 Å². The second-order valence-corrected chi connectivity index (χ2v) is 4.17. The quantitative estimate of drug-likeness (QED) is 0.879. The lowest BCUT2D eigenvalue weighted by atomic mass is 10.00. The Morgan fingerprint density at radius 1 is 0.944 bits per heavy atom. The molecule has 0 heterocycles. The highest BCUT2D eigenvalue weighted by Gasteiger charge is 2.12. The Labute approximate surface area is 105 Å². The van der Waals surface area contributed by atoms with Crippen LogP contribution in [0.3, 0.4) is 0 Å². The molecule has 0 amide bonds. The Hall–Kier alpha value is -1.74. The van der Waals surface area contributed by atoms with E-state index < -0.39 is 17.7 Å². The van der Waals surface area contributed by atoms with Crippen molar-refractivity contribution in [2.75, 3.05) is 0 Å². The van der Waals surface area contributed by atoms with Crippen molar-refractivity contribution in [1.29, 1.82) is 0 Å². The average Bonchev–Trinajstić information content (AvgIpc) is 2.41. The van der Waals surface area contributed by atoms with Gasteiger partial charge in [0.1, 0.15) is 6.10 Å². The van der Waals surface area contributed by atoms with E-state index in [-0.39, 0.29) is 0 Å². The maximum absolute atomic E-state index is 13.1. The molecule has 2 aromatic carbocycles. The fraction of sp³-hybridized carbons (Fsp3) is 0.200. The summed E-state index contributed by atoms with van der Waals surface area (Å²) >= 11 is 0. The Kier molecular flexibility index (Phi) is 3.72. The first-order valence-corrected chi connectivity index (χ1v) is 5.83. The highest BCUT2D eigenvalue weighted by molar-refractivity contribution is 5.32. The molecule has 0 radical (unpaired) electrons. The topological polar surface area (TPSA) is 20.2 Å². The zero-order valence-corrected chi connectivity index (χ0v) is 10.0. The first-order chi connectivity index (χ1) is 8.61. The predicted molar refractivity (Wildman–Crippen MR) is 66.2 cm³/mol. The van der Waals surface area contributed by atoms with Gasteiger partial charge in [-0.3, -0.25) is 0 Å². The molecule has 0 aliphatic heterocycles. The summed E-state index contributed by atoms with van der Waals surface area (Å²) in [6.45, 7) is 2.04. The van der Waals surface area contributed by atoms with Crippen molar-refractivity contribution in [2.45, 2.75) is 19.4 Å². The molecule has 2 aromatic rings. The molecule has 2 rings (SSSR count). The van der Waals surface area contributed by atoms with Gasteiger partial charge in [-0.15, -0.1) is 0 Å². The Morgan fingerprint density at radius 3 is 2.11 bits per heavy atom. The number of hydrogen-bond acceptors (Lipinski definition) is 1. The second-order valence-electron chi connectivity index (χ2n) is 4.17. The number of halogens is 2. The molecule has 0 aliphatic rings. The molecule has 1 N–H and O–H groups in total. The van der Waals surface area contributed by atoms with E-state index in [1.807, 2.05) is 19.1 Å². The van der Waals surface area contributed by atoms with Crippen LogP contribution in [-0.2, 0) is 6.42 Å². The summed E-state index contributed by atoms with van der Waals surface area (Å²) < 4.78 is 25.9. The molecule has 0 fully saturated rings. The Balaban J connectivity index is 2.28. The van der Waals surface area contributed by atoms with Crippen molar-refractivity contribution in [3.8, 4) is 0 Å². The first kappa shape index (κ1) is 12.7. The van der Waals surface area contributed by atoms with E-state index in [4.69, 9.17) is 0 Å². The van der Waals surface area contributed by atoms with E-state index in [1.165, 1.54) is 6.07 Å². The Bertz CT molecular complexity index is 535. The molecule has 94 valence electrons. The van der Waals surface area contributed by atoms with Gasteiger partial charge in [-0.1, -0.05) is 37.3 Å². The minimum absolute atomic E-state index is 0.346. The molecule has 0 aliphatic carbocycles. The van der Waals surface area contributed by atoms with Gasteiger partial charge < -0.3 is 5.11 Å². The molecule has 1 nitrogen and oxygen atoms in total. The zero-order chi connectivity index (χ0) is 13.1. The second kappa shape index (κ2) is 5.27. The number of aryl methyl sites for hydroxylation is 1. The van der Waals surface area contributed by atoms with Crippen LogP contribution in [0, 0.1) is 11.6 Å². The molecule has 0 saturated heterocycles.